The molecule has 104 valence electrons. The zero-order chi connectivity index (χ0) is 14.7. The number of thioether (sulfide) groups is 1. The lowest BCUT2D eigenvalue weighted by molar-refractivity contribution is -0.114. The lowest BCUT2D eigenvalue weighted by atomic mass is 9.99. The van der Waals surface area contributed by atoms with Gasteiger partial charge in [-0.1, -0.05) is 24.3 Å². The number of hydrogen-bond acceptors (Lipinski definition) is 5. The monoisotopic (exact) mass is 305 g/mol. The molecule has 0 aliphatic carbocycles. The molecule has 0 radical (unpaired) electrons. The number of rotatable bonds is 5. The number of nitrogens with two attached hydrogens (primary N) is 1. The van der Waals surface area contributed by atoms with Gasteiger partial charge in [-0.15, -0.1) is 23.1 Å². The van der Waals surface area contributed by atoms with Gasteiger partial charge in [0.1, 0.15) is 5.78 Å². The van der Waals surface area contributed by atoms with Crippen molar-refractivity contribution in [2.24, 2.45) is 0 Å². The molecule has 2 N–H and O–H groups in total. The first-order valence-corrected chi connectivity index (χ1v) is 7.91. The second-order valence-electron chi connectivity index (χ2n) is 4.44. The molecule has 0 aliphatic rings. The van der Waals surface area contributed by atoms with Crippen molar-refractivity contribution in [1.29, 1.82) is 0 Å². The van der Waals surface area contributed by atoms with Crippen molar-refractivity contribution >= 4 is 39.7 Å². The fraction of sp³-hybridized carbons (Fsp3) is 0.200. The number of anilines is 1. The largest absolute Gasteiger partial charge is 0.390 e. The highest BCUT2D eigenvalue weighted by atomic mass is 32.2. The van der Waals surface area contributed by atoms with E-state index >= 15 is 0 Å². The molecule has 0 saturated carbocycles. The normalized spacial score (nSPS) is 10.5. The van der Waals surface area contributed by atoms with Crippen LogP contribution in [0.4, 0.5) is 5.00 Å². The third kappa shape index (κ3) is 3.29. The molecule has 5 heteroatoms. The van der Waals surface area contributed by atoms with Crippen LogP contribution >= 0.6 is 23.1 Å². The predicted octanol–water partition coefficient (Wildman–Crippen LogP) is 3.88. The molecule has 0 unspecified atom stereocenters. The van der Waals surface area contributed by atoms with Gasteiger partial charge >= 0.3 is 0 Å². The number of carbonyl (C=O) groups is 2. The van der Waals surface area contributed by atoms with Gasteiger partial charge in [0.15, 0.2) is 5.78 Å². The Hall–Kier alpha value is -1.59. The van der Waals surface area contributed by atoms with Gasteiger partial charge in [0.05, 0.1) is 15.0 Å². The van der Waals surface area contributed by atoms with Crippen LogP contribution in [0.2, 0.25) is 0 Å². The van der Waals surface area contributed by atoms with Crippen LogP contribution in [0.3, 0.4) is 0 Å². The first-order valence-electron chi connectivity index (χ1n) is 6.11. The van der Waals surface area contributed by atoms with E-state index in [1.165, 1.54) is 23.1 Å². The molecule has 2 aromatic rings. The van der Waals surface area contributed by atoms with E-state index in [0.717, 1.165) is 15.3 Å². The van der Waals surface area contributed by atoms with E-state index in [4.69, 9.17) is 5.73 Å². The molecule has 1 aromatic heterocycles. The minimum atomic E-state index is 0.0177. The van der Waals surface area contributed by atoms with Crippen LogP contribution in [0.1, 0.15) is 24.2 Å². The lowest BCUT2D eigenvalue weighted by Crippen LogP contribution is -1.96. The van der Waals surface area contributed by atoms with Gasteiger partial charge in [0.2, 0.25) is 0 Å². The summed E-state index contributed by atoms with van der Waals surface area (Å²) in [7, 11) is 0. The van der Waals surface area contributed by atoms with Crippen LogP contribution in [-0.2, 0) is 4.79 Å². The smallest absolute Gasteiger partial charge is 0.160 e. The Labute approximate surface area is 126 Å². The molecule has 1 aromatic carbocycles. The summed E-state index contributed by atoms with van der Waals surface area (Å²) >= 11 is 2.93. The molecular formula is C15H15NO2S2. The summed E-state index contributed by atoms with van der Waals surface area (Å²) in [5.41, 5.74) is 8.44. The molecule has 1 heterocycles. The molecule has 0 saturated heterocycles. The molecule has 0 atom stereocenters. The summed E-state index contributed by atoms with van der Waals surface area (Å²) in [6.45, 7) is 3.11. The van der Waals surface area contributed by atoms with Crippen molar-refractivity contribution in [2.45, 2.75) is 18.1 Å². The summed E-state index contributed by atoms with van der Waals surface area (Å²) in [5.74, 6) is 0.588. The maximum absolute atomic E-state index is 11.7. The minimum Gasteiger partial charge on any atom is -0.390 e. The highest BCUT2D eigenvalue weighted by molar-refractivity contribution is 8.01. The number of nitrogen functional groups attached to an aromatic ring is 1. The molecule has 3 nitrogen and oxygen atoms in total. The summed E-state index contributed by atoms with van der Waals surface area (Å²) in [6, 6.07) is 9.39. The Kier molecular flexibility index (Phi) is 4.62. The highest BCUT2D eigenvalue weighted by Crippen LogP contribution is 2.40. The fourth-order valence-corrected chi connectivity index (χ4v) is 3.76. The minimum absolute atomic E-state index is 0.0177. The van der Waals surface area contributed by atoms with E-state index < -0.39 is 0 Å². The number of ketones is 2. The fourth-order valence-electron chi connectivity index (χ4n) is 1.86. The Morgan fingerprint density at radius 2 is 1.90 bits per heavy atom. The third-order valence-corrected chi connectivity index (χ3v) is 5.07. The Bertz CT molecular complexity index is 662. The van der Waals surface area contributed by atoms with Gasteiger partial charge in [-0.25, -0.2) is 0 Å². The van der Waals surface area contributed by atoms with E-state index in [2.05, 4.69) is 0 Å². The summed E-state index contributed by atoms with van der Waals surface area (Å²) < 4.78 is 0.992. The van der Waals surface area contributed by atoms with Gasteiger partial charge in [-0.3, -0.25) is 9.59 Å². The van der Waals surface area contributed by atoms with Gasteiger partial charge in [-0.05, 0) is 25.5 Å². The van der Waals surface area contributed by atoms with Crippen LogP contribution in [0.25, 0.3) is 11.1 Å². The van der Waals surface area contributed by atoms with E-state index in [-0.39, 0.29) is 11.6 Å². The van der Waals surface area contributed by atoms with Crippen molar-refractivity contribution in [1.82, 2.24) is 0 Å². The topological polar surface area (TPSA) is 60.2 Å². The molecular weight excluding hydrogens is 290 g/mol. The average molecular weight is 305 g/mol. The second-order valence-corrected chi connectivity index (χ2v) is 6.80. The number of Topliss-reactive ketones (excluding diaryl/α,β-unsaturated/α-hetero) is 2. The summed E-state index contributed by atoms with van der Waals surface area (Å²) in [4.78, 5) is 22.7. The van der Waals surface area contributed by atoms with Crippen LogP contribution < -0.4 is 5.73 Å². The molecule has 0 fully saturated rings. The lowest BCUT2D eigenvalue weighted by Gasteiger charge is -2.05. The molecule has 0 bridgehead atoms. The van der Waals surface area contributed by atoms with Crippen LogP contribution in [0, 0.1) is 0 Å². The number of carbonyl (C=O) groups excluding carboxylic acids is 2. The van der Waals surface area contributed by atoms with Gasteiger partial charge < -0.3 is 5.73 Å². The standard InChI is InChI=1S/C15H15NO2S2/c1-9(17)8-19-14-7-13(15(16)20-14)12-6-4-3-5-11(12)10(2)18/h3-7H,8,16H2,1-2H3. The molecule has 0 aliphatic heterocycles. The van der Waals surface area contributed by atoms with E-state index in [1.807, 2.05) is 24.3 Å². The zero-order valence-electron chi connectivity index (χ0n) is 11.3. The molecule has 0 spiro atoms. The number of hydrogen-bond donors (Lipinski definition) is 1. The quantitative estimate of drug-likeness (QED) is 0.672. The Morgan fingerprint density at radius 3 is 2.55 bits per heavy atom. The summed E-state index contributed by atoms with van der Waals surface area (Å²) in [6.07, 6.45) is 0. The first-order chi connectivity index (χ1) is 9.49. The Balaban J connectivity index is 2.38. The maximum Gasteiger partial charge on any atom is 0.160 e. The van der Waals surface area contributed by atoms with Crippen molar-refractivity contribution in [2.75, 3.05) is 11.5 Å². The van der Waals surface area contributed by atoms with E-state index in [1.54, 1.807) is 19.9 Å². The predicted molar refractivity (Wildman–Crippen MR) is 85.6 cm³/mol. The Morgan fingerprint density at radius 1 is 1.20 bits per heavy atom. The average Bonchev–Trinajstić information content (AvgIpc) is 2.77. The van der Waals surface area contributed by atoms with E-state index in [0.29, 0.717) is 16.3 Å². The van der Waals surface area contributed by atoms with Crippen molar-refractivity contribution in [3.05, 3.63) is 35.9 Å². The van der Waals surface area contributed by atoms with Gasteiger partial charge in [0.25, 0.3) is 0 Å². The first kappa shape index (κ1) is 14.8. The number of thiophene rings is 1. The van der Waals surface area contributed by atoms with Gasteiger partial charge in [0, 0.05) is 11.1 Å². The van der Waals surface area contributed by atoms with E-state index in [9.17, 15) is 9.59 Å². The van der Waals surface area contributed by atoms with Crippen molar-refractivity contribution in [3.63, 3.8) is 0 Å². The third-order valence-electron chi connectivity index (χ3n) is 2.75. The molecule has 0 amide bonds. The van der Waals surface area contributed by atoms with Crippen molar-refractivity contribution < 1.29 is 9.59 Å². The van der Waals surface area contributed by atoms with Crippen LogP contribution in [-0.4, -0.2) is 17.3 Å². The highest BCUT2D eigenvalue weighted by Gasteiger charge is 2.14. The number of benzene rings is 1. The molecule has 20 heavy (non-hydrogen) atoms. The zero-order valence-corrected chi connectivity index (χ0v) is 12.9. The second kappa shape index (κ2) is 6.24. The summed E-state index contributed by atoms with van der Waals surface area (Å²) in [5, 5.41) is 0.671. The van der Waals surface area contributed by atoms with Crippen LogP contribution in [0.5, 0.6) is 0 Å². The van der Waals surface area contributed by atoms with Gasteiger partial charge in [-0.2, -0.15) is 0 Å². The molecule has 2 rings (SSSR count). The van der Waals surface area contributed by atoms with Crippen molar-refractivity contribution in [3.8, 4) is 11.1 Å². The van der Waals surface area contributed by atoms with Crippen LogP contribution in [0.15, 0.2) is 34.5 Å². The SMILES string of the molecule is CC(=O)CSc1cc(-c2ccccc2C(C)=O)c(N)s1. The maximum atomic E-state index is 11.7.